The molecular formula is C17H21BrN2O5. The number of amides is 3. The van der Waals surface area contributed by atoms with E-state index >= 15 is 0 Å². The van der Waals surface area contributed by atoms with Gasteiger partial charge in [-0.3, -0.25) is 10.1 Å². The Kier molecular flexibility index (Phi) is 7.24. The Hall–Kier alpha value is -2.09. The number of ether oxygens (including phenoxy) is 1. The van der Waals surface area contributed by atoms with Crippen LogP contribution in [-0.4, -0.2) is 30.1 Å². The molecule has 0 unspecified atom stereocenters. The van der Waals surface area contributed by atoms with Crippen LogP contribution >= 0.6 is 15.9 Å². The van der Waals surface area contributed by atoms with E-state index in [-0.39, 0.29) is 6.04 Å². The monoisotopic (exact) mass is 412 g/mol. The molecule has 0 radical (unpaired) electrons. The standard InChI is InChI=1S/C17H21BrN2O5/c1-11(24-15(21)10-8-13-7-9-14(18)25-13)16(22)20-17(23)19-12-5-3-2-4-6-12/h7-12H,2-6H2,1H3,(H2,19,20,22,23)/b10-8+/t11-/m0/s1. The number of esters is 1. The second-order valence-electron chi connectivity index (χ2n) is 5.85. The molecular weight excluding hydrogens is 392 g/mol. The average molecular weight is 413 g/mol. The molecule has 3 amide bonds. The van der Waals surface area contributed by atoms with Crippen LogP contribution in [0, 0.1) is 0 Å². The molecule has 1 aromatic rings. The van der Waals surface area contributed by atoms with Crippen molar-refractivity contribution in [2.75, 3.05) is 0 Å². The van der Waals surface area contributed by atoms with E-state index in [1.165, 1.54) is 19.4 Å². The summed E-state index contributed by atoms with van der Waals surface area (Å²) in [4.78, 5) is 35.4. The first-order valence-electron chi connectivity index (χ1n) is 8.19. The topological polar surface area (TPSA) is 97.6 Å². The highest BCUT2D eigenvalue weighted by Crippen LogP contribution is 2.17. The first-order valence-corrected chi connectivity index (χ1v) is 8.98. The Labute approximate surface area is 154 Å². The van der Waals surface area contributed by atoms with Gasteiger partial charge in [0.25, 0.3) is 5.91 Å². The van der Waals surface area contributed by atoms with Gasteiger partial charge in [0.05, 0.1) is 0 Å². The van der Waals surface area contributed by atoms with E-state index in [0.29, 0.717) is 10.4 Å². The number of hydrogen-bond acceptors (Lipinski definition) is 5. The van der Waals surface area contributed by atoms with Gasteiger partial charge in [-0.1, -0.05) is 19.3 Å². The lowest BCUT2D eigenvalue weighted by atomic mass is 9.96. The maximum absolute atomic E-state index is 11.9. The Morgan fingerprint density at radius 3 is 2.64 bits per heavy atom. The summed E-state index contributed by atoms with van der Waals surface area (Å²) in [5.74, 6) is -0.911. The first kappa shape index (κ1) is 19.2. The van der Waals surface area contributed by atoms with E-state index in [4.69, 9.17) is 9.15 Å². The van der Waals surface area contributed by atoms with Crippen LogP contribution in [0.3, 0.4) is 0 Å². The summed E-state index contributed by atoms with van der Waals surface area (Å²) < 4.78 is 10.7. The second-order valence-corrected chi connectivity index (χ2v) is 6.63. The van der Waals surface area contributed by atoms with Crippen molar-refractivity contribution in [1.82, 2.24) is 10.6 Å². The number of furan rings is 1. The van der Waals surface area contributed by atoms with Crippen molar-refractivity contribution in [1.29, 1.82) is 0 Å². The van der Waals surface area contributed by atoms with Crippen molar-refractivity contribution >= 4 is 39.9 Å². The molecule has 0 aliphatic heterocycles. The summed E-state index contributed by atoms with van der Waals surface area (Å²) in [5, 5.41) is 4.96. The average Bonchev–Trinajstić information content (AvgIpc) is 2.99. The Morgan fingerprint density at radius 2 is 2.00 bits per heavy atom. The number of carbonyl (C=O) groups excluding carboxylic acids is 3. The molecule has 1 aliphatic rings. The number of rotatable bonds is 5. The zero-order chi connectivity index (χ0) is 18.2. The minimum atomic E-state index is -1.09. The number of urea groups is 1. The molecule has 1 aliphatic carbocycles. The lowest BCUT2D eigenvalue weighted by Crippen LogP contribution is -2.48. The van der Waals surface area contributed by atoms with Crippen molar-refractivity contribution < 1.29 is 23.5 Å². The lowest BCUT2D eigenvalue weighted by molar-refractivity contribution is -0.149. The van der Waals surface area contributed by atoms with Gasteiger partial charge in [0.15, 0.2) is 10.8 Å². The van der Waals surface area contributed by atoms with Gasteiger partial charge >= 0.3 is 12.0 Å². The zero-order valence-electron chi connectivity index (χ0n) is 13.9. The Morgan fingerprint density at radius 1 is 1.28 bits per heavy atom. The van der Waals surface area contributed by atoms with Crippen LogP contribution in [0.5, 0.6) is 0 Å². The third-order valence-electron chi connectivity index (χ3n) is 3.82. The fourth-order valence-corrected chi connectivity index (χ4v) is 2.84. The highest BCUT2D eigenvalue weighted by molar-refractivity contribution is 9.10. The van der Waals surface area contributed by atoms with Crippen molar-refractivity contribution in [2.45, 2.75) is 51.2 Å². The van der Waals surface area contributed by atoms with Gasteiger partial charge in [-0.25, -0.2) is 9.59 Å². The summed E-state index contributed by atoms with van der Waals surface area (Å²) in [6.45, 7) is 1.40. The van der Waals surface area contributed by atoms with E-state index in [2.05, 4.69) is 26.6 Å². The minimum absolute atomic E-state index is 0.0926. The van der Waals surface area contributed by atoms with Gasteiger partial charge in [0, 0.05) is 12.1 Å². The summed E-state index contributed by atoms with van der Waals surface area (Å²) in [6, 6.07) is 2.89. The molecule has 1 aromatic heterocycles. The Balaban J connectivity index is 1.74. The fraction of sp³-hybridized carbons (Fsp3) is 0.471. The SMILES string of the molecule is C[C@H](OC(=O)/C=C/c1ccc(Br)o1)C(=O)NC(=O)NC1CCCCC1. The highest BCUT2D eigenvalue weighted by Gasteiger charge is 2.21. The third-order valence-corrected chi connectivity index (χ3v) is 4.24. The van der Waals surface area contributed by atoms with E-state index in [1.807, 2.05) is 0 Å². The predicted molar refractivity (Wildman–Crippen MR) is 94.5 cm³/mol. The van der Waals surface area contributed by atoms with Crippen LogP contribution in [-0.2, 0) is 14.3 Å². The molecule has 1 saturated carbocycles. The third kappa shape index (κ3) is 6.74. The molecule has 1 atom stereocenters. The van der Waals surface area contributed by atoms with Gasteiger partial charge in [-0.15, -0.1) is 0 Å². The molecule has 0 bridgehead atoms. The van der Waals surface area contributed by atoms with Crippen molar-refractivity contribution in [3.63, 3.8) is 0 Å². The molecule has 2 rings (SSSR count). The fourth-order valence-electron chi connectivity index (χ4n) is 2.52. The number of halogens is 1. The smallest absolute Gasteiger partial charge is 0.331 e. The quantitative estimate of drug-likeness (QED) is 0.571. The van der Waals surface area contributed by atoms with E-state index in [1.54, 1.807) is 12.1 Å². The van der Waals surface area contributed by atoms with Gasteiger partial charge in [-0.05, 0) is 53.9 Å². The van der Waals surface area contributed by atoms with Gasteiger partial charge in [0.1, 0.15) is 5.76 Å². The number of nitrogens with one attached hydrogen (secondary N) is 2. The maximum Gasteiger partial charge on any atom is 0.331 e. The number of hydrogen-bond donors (Lipinski definition) is 2. The molecule has 1 heterocycles. The van der Waals surface area contributed by atoms with Gasteiger partial charge < -0.3 is 14.5 Å². The summed E-state index contributed by atoms with van der Waals surface area (Å²) in [5.41, 5.74) is 0. The highest BCUT2D eigenvalue weighted by atomic mass is 79.9. The Bertz CT molecular complexity index is 649. The summed E-state index contributed by atoms with van der Waals surface area (Å²) in [7, 11) is 0. The molecule has 136 valence electrons. The van der Waals surface area contributed by atoms with Gasteiger partial charge in [0.2, 0.25) is 0 Å². The molecule has 2 N–H and O–H groups in total. The van der Waals surface area contributed by atoms with Crippen LogP contribution < -0.4 is 10.6 Å². The zero-order valence-corrected chi connectivity index (χ0v) is 15.5. The maximum atomic E-state index is 11.9. The minimum Gasteiger partial charge on any atom is -0.450 e. The van der Waals surface area contributed by atoms with Crippen molar-refractivity contribution in [3.8, 4) is 0 Å². The molecule has 7 nitrogen and oxygen atoms in total. The molecule has 0 spiro atoms. The molecule has 0 saturated heterocycles. The van der Waals surface area contributed by atoms with Crippen molar-refractivity contribution in [3.05, 3.63) is 28.6 Å². The van der Waals surface area contributed by atoms with Gasteiger partial charge in [-0.2, -0.15) is 0 Å². The number of carbonyl (C=O) groups is 3. The molecule has 8 heteroatoms. The molecule has 0 aromatic carbocycles. The van der Waals surface area contributed by atoms with Crippen LogP contribution in [0.1, 0.15) is 44.8 Å². The number of imide groups is 1. The van der Waals surface area contributed by atoms with Crippen LogP contribution in [0.2, 0.25) is 0 Å². The van der Waals surface area contributed by atoms with Crippen LogP contribution in [0.25, 0.3) is 6.08 Å². The lowest BCUT2D eigenvalue weighted by Gasteiger charge is -2.23. The molecule has 25 heavy (non-hydrogen) atoms. The second kappa shape index (κ2) is 9.41. The predicted octanol–water partition coefficient (Wildman–Crippen LogP) is 3.15. The van der Waals surface area contributed by atoms with Crippen molar-refractivity contribution in [2.24, 2.45) is 0 Å². The summed E-state index contributed by atoms with van der Waals surface area (Å²) in [6.07, 6.45) is 6.65. The normalized spacial score (nSPS) is 16.4. The molecule has 1 fully saturated rings. The van der Waals surface area contributed by atoms with E-state index in [9.17, 15) is 14.4 Å². The van der Waals surface area contributed by atoms with E-state index in [0.717, 1.165) is 31.8 Å². The summed E-state index contributed by atoms with van der Waals surface area (Å²) >= 11 is 3.15. The van der Waals surface area contributed by atoms with E-state index < -0.39 is 24.0 Å². The van der Waals surface area contributed by atoms with Crippen LogP contribution in [0.15, 0.2) is 27.3 Å². The van der Waals surface area contributed by atoms with Crippen LogP contribution in [0.4, 0.5) is 4.79 Å². The first-order chi connectivity index (χ1) is 11.9. The largest absolute Gasteiger partial charge is 0.450 e.